The molecule has 3 aromatic rings. The molecule has 0 aliphatic carbocycles. The number of nitro groups is 1. The number of likely N-dealkylation sites (tertiary alicyclic amines) is 1. The van der Waals surface area contributed by atoms with Crippen molar-refractivity contribution in [3.8, 4) is 5.75 Å². The Morgan fingerprint density at radius 2 is 2.00 bits per heavy atom. The molecule has 1 fully saturated rings. The van der Waals surface area contributed by atoms with Gasteiger partial charge in [0.15, 0.2) is 0 Å². The van der Waals surface area contributed by atoms with Crippen molar-refractivity contribution in [3.63, 3.8) is 0 Å². The number of piperidine rings is 1. The Hall–Kier alpha value is -3.39. The molecule has 0 spiro atoms. The first-order chi connectivity index (χ1) is 16.0. The van der Waals surface area contributed by atoms with Gasteiger partial charge in [0.05, 0.1) is 18.6 Å². The number of aromatic nitrogens is 1. The molecule has 2 aliphatic rings. The van der Waals surface area contributed by atoms with Crippen LogP contribution in [0.2, 0.25) is 0 Å². The van der Waals surface area contributed by atoms with E-state index in [1.165, 1.54) is 17.0 Å². The van der Waals surface area contributed by atoms with E-state index in [4.69, 9.17) is 4.74 Å². The number of aromatic amines is 1. The number of carbonyl (C=O) groups excluding carboxylic acids is 1. The van der Waals surface area contributed by atoms with Gasteiger partial charge in [0.1, 0.15) is 5.75 Å². The van der Waals surface area contributed by atoms with Crippen LogP contribution in [0.4, 0.5) is 11.4 Å². The van der Waals surface area contributed by atoms with Crippen molar-refractivity contribution < 1.29 is 14.5 Å². The molecular weight excluding hydrogens is 420 g/mol. The highest BCUT2D eigenvalue weighted by Crippen LogP contribution is 2.35. The second-order valence-electron chi connectivity index (χ2n) is 8.93. The third-order valence-electron chi connectivity index (χ3n) is 7.00. The Labute approximate surface area is 192 Å². The van der Waals surface area contributed by atoms with Gasteiger partial charge in [0, 0.05) is 41.5 Å². The van der Waals surface area contributed by atoms with Gasteiger partial charge in [-0.15, -0.1) is 0 Å². The number of nitrogens with one attached hydrogen (secondary N) is 1. The minimum Gasteiger partial charge on any atom is -0.497 e. The number of H-pyrrole nitrogens is 1. The van der Waals surface area contributed by atoms with Crippen molar-refractivity contribution in [2.45, 2.75) is 31.6 Å². The number of non-ortho nitro benzene ring substituents is 1. The summed E-state index contributed by atoms with van der Waals surface area (Å²) in [4.78, 5) is 31.3. The second kappa shape index (κ2) is 8.86. The fourth-order valence-electron chi connectivity index (χ4n) is 5.22. The number of fused-ring (bicyclic) bond motifs is 2. The minimum absolute atomic E-state index is 0.0695. The molecule has 8 nitrogen and oxygen atoms in total. The number of hydrogen-bond donors (Lipinski definition) is 1. The summed E-state index contributed by atoms with van der Waals surface area (Å²) in [5, 5.41) is 12.3. The number of carbonyl (C=O) groups is 1. The molecule has 1 aromatic heterocycles. The number of nitro benzene ring substituents is 1. The average molecular weight is 449 g/mol. The maximum Gasteiger partial charge on any atom is 0.269 e. The molecule has 8 heteroatoms. The first kappa shape index (κ1) is 21.5. The first-order valence-electron chi connectivity index (χ1n) is 11.5. The maximum atomic E-state index is 13.1. The standard InChI is InChI=1S/C25H28N4O4/c1-33-20-5-6-23-21(14-20)22(15-26-23)17-8-11-27(12-9-17)16-25(30)28-10-2-3-18-13-19(29(31)32)4-7-24(18)28/h4-7,13-15,17,26H,2-3,8-12,16H2,1H3. The highest BCUT2D eigenvalue weighted by atomic mass is 16.6. The minimum atomic E-state index is -0.380. The SMILES string of the molecule is COc1ccc2[nH]cc(C3CCN(CC(=O)N4CCCc5cc([N+](=O)[O-])ccc54)CC3)c2c1. The van der Waals surface area contributed by atoms with Crippen LogP contribution in [0.25, 0.3) is 10.9 Å². The second-order valence-corrected chi connectivity index (χ2v) is 8.93. The van der Waals surface area contributed by atoms with E-state index in [9.17, 15) is 14.9 Å². The predicted molar refractivity (Wildman–Crippen MR) is 127 cm³/mol. The average Bonchev–Trinajstić information content (AvgIpc) is 3.26. The number of methoxy groups -OCH3 is 1. The highest BCUT2D eigenvalue weighted by molar-refractivity contribution is 5.96. The van der Waals surface area contributed by atoms with Crippen molar-refractivity contribution in [2.24, 2.45) is 0 Å². The molecule has 33 heavy (non-hydrogen) atoms. The Morgan fingerprint density at radius 3 is 2.76 bits per heavy atom. The third-order valence-corrected chi connectivity index (χ3v) is 7.00. The number of amides is 1. The Balaban J connectivity index is 1.23. The van der Waals surface area contributed by atoms with E-state index >= 15 is 0 Å². The molecule has 3 heterocycles. The summed E-state index contributed by atoms with van der Waals surface area (Å²) in [7, 11) is 1.69. The Bertz CT molecular complexity index is 1200. The van der Waals surface area contributed by atoms with E-state index in [2.05, 4.69) is 28.2 Å². The third kappa shape index (κ3) is 4.18. The fraction of sp³-hybridized carbons (Fsp3) is 0.400. The maximum absolute atomic E-state index is 13.1. The lowest BCUT2D eigenvalue weighted by molar-refractivity contribution is -0.384. The molecule has 172 valence electrons. The predicted octanol–water partition coefficient (Wildman–Crippen LogP) is 4.24. The number of aryl methyl sites for hydroxylation is 1. The summed E-state index contributed by atoms with van der Waals surface area (Å²) in [5.74, 6) is 1.38. The van der Waals surface area contributed by atoms with Crippen LogP contribution in [-0.2, 0) is 11.2 Å². The fourth-order valence-corrected chi connectivity index (χ4v) is 5.22. The number of anilines is 1. The molecule has 0 radical (unpaired) electrons. The van der Waals surface area contributed by atoms with Gasteiger partial charge in [0.25, 0.3) is 5.69 Å². The monoisotopic (exact) mass is 448 g/mol. The Kier molecular flexibility index (Phi) is 5.76. The lowest BCUT2D eigenvalue weighted by atomic mass is 9.89. The van der Waals surface area contributed by atoms with Gasteiger partial charge in [0.2, 0.25) is 5.91 Å². The van der Waals surface area contributed by atoms with Crippen LogP contribution in [-0.4, -0.2) is 54.0 Å². The smallest absolute Gasteiger partial charge is 0.269 e. The normalized spacial score (nSPS) is 17.2. The topological polar surface area (TPSA) is 91.7 Å². The molecule has 2 aromatic carbocycles. The lowest BCUT2D eigenvalue weighted by Crippen LogP contribution is -2.45. The summed E-state index contributed by atoms with van der Waals surface area (Å²) < 4.78 is 5.40. The zero-order valence-corrected chi connectivity index (χ0v) is 18.8. The molecule has 1 saturated heterocycles. The lowest BCUT2D eigenvalue weighted by Gasteiger charge is -2.35. The van der Waals surface area contributed by atoms with Gasteiger partial charge in [-0.05, 0) is 80.1 Å². The van der Waals surface area contributed by atoms with Gasteiger partial charge < -0.3 is 14.6 Å². The quantitative estimate of drug-likeness (QED) is 0.466. The van der Waals surface area contributed by atoms with Crippen LogP contribution in [0.3, 0.4) is 0 Å². The summed E-state index contributed by atoms with van der Waals surface area (Å²) in [5.41, 5.74) is 4.23. The number of hydrogen-bond acceptors (Lipinski definition) is 5. The molecule has 1 N–H and O–H groups in total. The molecule has 5 rings (SSSR count). The van der Waals surface area contributed by atoms with Gasteiger partial charge in [-0.3, -0.25) is 19.8 Å². The van der Waals surface area contributed by atoms with Crippen LogP contribution >= 0.6 is 0 Å². The van der Waals surface area contributed by atoms with Gasteiger partial charge in [-0.25, -0.2) is 0 Å². The highest BCUT2D eigenvalue weighted by Gasteiger charge is 2.28. The van der Waals surface area contributed by atoms with Crippen molar-refractivity contribution in [1.29, 1.82) is 0 Å². The van der Waals surface area contributed by atoms with Gasteiger partial charge in [-0.2, -0.15) is 0 Å². The van der Waals surface area contributed by atoms with Crippen molar-refractivity contribution in [3.05, 3.63) is 63.8 Å². The zero-order chi connectivity index (χ0) is 22.9. The molecule has 0 bridgehead atoms. The summed E-state index contributed by atoms with van der Waals surface area (Å²) in [6.07, 6.45) is 5.70. The molecule has 0 saturated carbocycles. The van der Waals surface area contributed by atoms with E-state index in [-0.39, 0.29) is 16.5 Å². The summed E-state index contributed by atoms with van der Waals surface area (Å²) in [6, 6.07) is 10.9. The van der Waals surface area contributed by atoms with Gasteiger partial charge >= 0.3 is 0 Å². The molecule has 2 aliphatic heterocycles. The van der Waals surface area contributed by atoms with Crippen LogP contribution < -0.4 is 9.64 Å². The van der Waals surface area contributed by atoms with E-state index < -0.39 is 0 Å². The number of rotatable bonds is 5. The van der Waals surface area contributed by atoms with Crippen molar-refractivity contribution in [1.82, 2.24) is 9.88 Å². The van der Waals surface area contributed by atoms with E-state index in [1.54, 1.807) is 24.1 Å². The Morgan fingerprint density at radius 1 is 1.18 bits per heavy atom. The summed E-state index contributed by atoms with van der Waals surface area (Å²) >= 11 is 0. The molecular formula is C25H28N4O4. The summed E-state index contributed by atoms with van der Waals surface area (Å²) in [6.45, 7) is 2.78. The van der Waals surface area contributed by atoms with Crippen LogP contribution in [0, 0.1) is 10.1 Å². The van der Waals surface area contributed by atoms with E-state index in [0.717, 1.165) is 61.3 Å². The van der Waals surface area contributed by atoms with E-state index in [1.807, 2.05) is 6.07 Å². The number of nitrogens with zero attached hydrogens (tertiary/aromatic N) is 3. The largest absolute Gasteiger partial charge is 0.497 e. The zero-order valence-electron chi connectivity index (χ0n) is 18.8. The van der Waals surface area contributed by atoms with Crippen LogP contribution in [0.5, 0.6) is 5.75 Å². The number of benzene rings is 2. The van der Waals surface area contributed by atoms with Crippen LogP contribution in [0.1, 0.15) is 36.3 Å². The molecule has 0 atom stereocenters. The van der Waals surface area contributed by atoms with E-state index in [0.29, 0.717) is 19.0 Å². The van der Waals surface area contributed by atoms with Crippen molar-refractivity contribution >= 4 is 28.2 Å². The molecule has 1 amide bonds. The number of ether oxygens (including phenoxy) is 1. The van der Waals surface area contributed by atoms with Gasteiger partial charge in [-0.1, -0.05) is 0 Å². The van der Waals surface area contributed by atoms with Crippen LogP contribution in [0.15, 0.2) is 42.6 Å². The first-order valence-corrected chi connectivity index (χ1v) is 11.5. The molecule has 0 unspecified atom stereocenters. The van der Waals surface area contributed by atoms with Crippen molar-refractivity contribution in [2.75, 3.05) is 38.2 Å².